The van der Waals surface area contributed by atoms with Crippen molar-refractivity contribution in [2.24, 2.45) is 0 Å². The first-order valence-corrected chi connectivity index (χ1v) is 11.2. The van der Waals surface area contributed by atoms with Gasteiger partial charge in [0, 0.05) is 13.1 Å². The van der Waals surface area contributed by atoms with Crippen LogP contribution in [0.1, 0.15) is 50.5 Å². The molecule has 4 aliphatic heterocycles. The van der Waals surface area contributed by atoms with Gasteiger partial charge in [0.2, 0.25) is 5.91 Å². The predicted octanol–water partition coefficient (Wildman–Crippen LogP) is 2.20. The molecule has 5 nitrogen and oxygen atoms in total. The monoisotopic (exact) mass is 383 g/mol. The number of benzene rings is 1. The number of fused-ring (bicyclic) bond motifs is 1. The minimum absolute atomic E-state index is 0.0113. The van der Waals surface area contributed by atoms with Crippen LogP contribution in [0.5, 0.6) is 0 Å². The molecule has 2 atom stereocenters. The highest BCUT2D eigenvalue weighted by atomic mass is 16.3. The lowest BCUT2D eigenvalue weighted by atomic mass is 9.79. The number of aliphatic hydroxyl groups is 1. The van der Waals surface area contributed by atoms with Gasteiger partial charge in [0.05, 0.1) is 6.04 Å². The highest BCUT2D eigenvalue weighted by Crippen LogP contribution is 2.43. The molecule has 4 saturated heterocycles. The van der Waals surface area contributed by atoms with Gasteiger partial charge in [0.25, 0.3) is 0 Å². The largest absolute Gasteiger partial charge is 0.383 e. The average Bonchev–Trinajstić information content (AvgIpc) is 3.46. The van der Waals surface area contributed by atoms with Crippen molar-refractivity contribution in [3.63, 3.8) is 0 Å². The van der Waals surface area contributed by atoms with E-state index in [9.17, 15) is 9.90 Å². The van der Waals surface area contributed by atoms with E-state index in [1.165, 1.54) is 12.8 Å². The molecule has 0 radical (unpaired) electrons. The standard InChI is InChI=1S/C23H33N3O2/c27-21(22-10-6-15-26(22)16-7-11-22)25-17-12-23(28,19-8-2-1-3-9-19)20(18-25)24-13-4-5-14-24/h1-3,8-9,20,28H,4-7,10-18H2/t20-,23+/m1/s1. The van der Waals surface area contributed by atoms with Gasteiger partial charge in [-0.1, -0.05) is 30.3 Å². The van der Waals surface area contributed by atoms with Crippen LogP contribution in [0.4, 0.5) is 0 Å². The zero-order valence-corrected chi connectivity index (χ0v) is 16.9. The van der Waals surface area contributed by atoms with Crippen LogP contribution in [0.15, 0.2) is 30.3 Å². The molecule has 1 N–H and O–H groups in total. The summed E-state index contributed by atoms with van der Waals surface area (Å²) in [7, 11) is 0. The van der Waals surface area contributed by atoms with E-state index in [2.05, 4.69) is 26.8 Å². The Bertz CT molecular complexity index is 708. The summed E-state index contributed by atoms with van der Waals surface area (Å²) in [5.41, 5.74) is -0.108. The number of likely N-dealkylation sites (tertiary alicyclic amines) is 2. The molecule has 1 aromatic rings. The third-order valence-electron chi connectivity index (χ3n) is 7.89. The molecule has 0 aliphatic carbocycles. The molecule has 0 bridgehead atoms. The molecule has 4 fully saturated rings. The number of nitrogens with zero attached hydrogens (tertiary/aromatic N) is 3. The number of carbonyl (C=O) groups is 1. The maximum absolute atomic E-state index is 13.7. The van der Waals surface area contributed by atoms with Crippen molar-refractivity contribution in [1.82, 2.24) is 14.7 Å². The Morgan fingerprint density at radius 1 is 0.893 bits per heavy atom. The zero-order valence-electron chi connectivity index (χ0n) is 16.9. The van der Waals surface area contributed by atoms with E-state index in [0.717, 1.165) is 57.4 Å². The molecule has 0 unspecified atom stereocenters. The van der Waals surface area contributed by atoms with Gasteiger partial charge < -0.3 is 10.0 Å². The molecule has 0 aromatic heterocycles. The third kappa shape index (κ3) is 2.82. The summed E-state index contributed by atoms with van der Waals surface area (Å²) in [5.74, 6) is 0.335. The van der Waals surface area contributed by atoms with Gasteiger partial charge >= 0.3 is 0 Å². The molecule has 1 aromatic carbocycles. The van der Waals surface area contributed by atoms with Crippen LogP contribution in [0.2, 0.25) is 0 Å². The van der Waals surface area contributed by atoms with Crippen LogP contribution >= 0.6 is 0 Å². The van der Waals surface area contributed by atoms with E-state index in [1.54, 1.807) is 0 Å². The van der Waals surface area contributed by atoms with Crippen molar-refractivity contribution in [3.05, 3.63) is 35.9 Å². The lowest BCUT2D eigenvalue weighted by Gasteiger charge is -2.50. The van der Waals surface area contributed by atoms with E-state index < -0.39 is 5.60 Å². The fourth-order valence-electron chi connectivity index (χ4n) is 6.39. The van der Waals surface area contributed by atoms with Crippen molar-refractivity contribution in [2.75, 3.05) is 39.3 Å². The number of piperidine rings is 1. The SMILES string of the molecule is O=C(N1CC[C@](O)(c2ccccc2)[C@H](N2CCCC2)C1)C12CCCN1CCC2. The molecular weight excluding hydrogens is 350 g/mol. The molecule has 0 spiro atoms. The number of amides is 1. The lowest BCUT2D eigenvalue weighted by molar-refractivity contribution is -0.152. The second-order valence-corrected chi connectivity index (χ2v) is 9.28. The second-order valence-electron chi connectivity index (χ2n) is 9.28. The summed E-state index contributed by atoms with van der Waals surface area (Å²) in [6, 6.07) is 10.1. The summed E-state index contributed by atoms with van der Waals surface area (Å²) < 4.78 is 0. The summed E-state index contributed by atoms with van der Waals surface area (Å²) in [6.07, 6.45) is 7.31. The molecule has 152 valence electrons. The predicted molar refractivity (Wildman–Crippen MR) is 109 cm³/mol. The molecule has 4 heterocycles. The molecule has 1 amide bonds. The Morgan fingerprint density at radius 3 is 2.25 bits per heavy atom. The van der Waals surface area contributed by atoms with Crippen LogP contribution < -0.4 is 0 Å². The number of hydrogen-bond donors (Lipinski definition) is 1. The van der Waals surface area contributed by atoms with Crippen LogP contribution in [-0.2, 0) is 10.4 Å². The average molecular weight is 384 g/mol. The van der Waals surface area contributed by atoms with E-state index in [-0.39, 0.29) is 11.6 Å². The molecule has 4 aliphatic rings. The second kappa shape index (κ2) is 7.12. The van der Waals surface area contributed by atoms with Crippen LogP contribution in [0, 0.1) is 0 Å². The summed E-state index contributed by atoms with van der Waals surface area (Å²) in [4.78, 5) is 20.7. The normalized spacial score (nSPS) is 33.3. The van der Waals surface area contributed by atoms with Gasteiger partial charge in [-0.2, -0.15) is 0 Å². The lowest BCUT2D eigenvalue weighted by Crippen LogP contribution is -2.64. The first kappa shape index (κ1) is 18.6. The fourth-order valence-corrected chi connectivity index (χ4v) is 6.39. The molecule has 0 saturated carbocycles. The highest BCUT2D eigenvalue weighted by molar-refractivity contribution is 5.87. The topological polar surface area (TPSA) is 47.0 Å². The maximum Gasteiger partial charge on any atom is 0.243 e. The van der Waals surface area contributed by atoms with Gasteiger partial charge in [-0.05, 0) is 76.7 Å². The summed E-state index contributed by atoms with van der Waals surface area (Å²) >= 11 is 0. The minimum Gasteiger partial charge on any atom is -0.383 e. The van der Waals surface area contributed by atoms with Gasteiger partial charge in [-0.3, -0.25) is 14.6 Å². The molecule has 5 rings (SSSR count). The van der Waals surface area contributed by atoms with Crippen molar-refractivity contribution in [2.45, 2.75) is 62.1 Å². The maximum atomic E-state index is 13.7. The molecular formula is C23H33N3O2. The van der Waals surface area contributed by atoms with Crippen molar-refractivity contribution >= 4 is 5.91 Å². The first-order valence-electron chi connectivity index (χ1n) is 11.2. The van der Waals surface area contributed by atoms with Crippen molar-refractivity contribution in [1.29, 1.82) is 0 Å². The fraction of sp³-hybridized carbons (Fsp3) is 0.696. The van der Waals surface area contributed by atoms with Gasteiger partial charge in [-0.25, -0.2) is 0 Å². The molecule has 5 heteroatoms. The Kier molecular flexibility index (Phi) is 4.73. The minimum atomic E-state index is -0.870. The molecule has 28 heavy (non-hydrogen) atoms. The van der Waals surface area contributed by atoms with E-state index >= 15 is 0 Å². The first-order chi connectivity index (χ1) is 13.6. The van der Waals surface area contributed by atoms with E-state index in [4.69, 9.17) is 0 Å². The van der Waals surface area contributed by atoms with Gasteiger partial charge in [-0.15, -0.1) is 0 Å². The number of rotatable bonds is 3. The van der Waals surface area contributed by atoms with Crippen LogP contribution in [-0.4, -0.2) is 76.6 Å². The quantitative estimate of drug-likeness (QED) is 0.869. The van der Waals surface area contributed by atoms with E-state index in [1.807, 2.05) is 18.2 Å². The number of hydrogen-bond acceptors (Lipinski definition) is 4. The Hall–Kier alpha value is -1.43. The van der Waals surface area contributed by atoms with Crippen LogP contribution in [0.25, 0.3) is 0 Å². The smallest absolute Gasteiger partial charge is 0.243 e. The van der Waals surface area contributed by atoms with Crippen molar-refractivity contribution in [3.8, 4) is 0 Å². The Morgan fingerprint density at radius 2 is 1.57 bits per heavy atom. The summed E-state index contributed by atoms with van der Waals surface area (Å²) in [6.45, 7) is 5.51. The van der Waals surface area contributed by atoms with Gasteiger partial charge in [0.15, 0.2) is 0 Å². The zero-order chi connectivity index (χ0) is 19.2. The summed E-state index contributed by atoms with van der Waals surface area (Å²) in [5, 5.41) is 11.8. The Balaban J connectivity index is 1.42. The Labute approximate surface area is 168 Å². The third-order valence-corrected chi connectivity index (χ3v) is 7.89. The van der Waals surface area contributed by atoms with E-state index in [0.29, 0.717) is 25.4 Å². The van der Waals surface area contributed by atoms with Crippen LogP contribution in [0.3, 0.4) is 0 Å². The highest BCUT2D eigenvalue weighted by Gasteiger charge is 2.54. The van der Waals surface area contributed by atoms with Gasteiger partial charge in [0.1, 0.15) is 11.1 Å². The number of carbonyl (C=O) groups excluding carboxylic acids is 1. The van der Waals surface area contributed by atoms with Crippen molar-refractivity contribution < 1.29 is 9.90 Å².